The molecule has 1 saturated heterocycles. The fourth-order valence-electron chi connectivity index (χ4n) is 4.12. The van der Waals surface area contributed by atoms with Crippen molar-refractivity contribution < 1.29 is 4.74 Å². The molecule has 20 heavy (non-hydrogen) atoms. The van der Waals surface area contributed by atoms with Gasteiger partial charge in [-0.25, -0.2) is 0 Å². The Kier molecular flexibility index (Phi) is 5.88. The standard InChI is InChI=1S/C17H34N2O/c1-5-11-18-16-15(7-6-10-17(16,2)3)19(4)14-8-12-20-13-9-14/h14-16,18H,5-13H2,1-4H3. The van der Waals surface area contributed by atoms with Crippen LogP contribution in [0.2, 0.25) is 0 Å². The van der Waals surface area contributed by atoms with Crippen LogP contribution in [-0.4, -0.2) is 49.8 Å². The molecule has 1 aliphatic carbocycles. The first-order chi connectivity index (χ1) is 9.56. The molecule has 0 aromatic rings. The van der Waals surface area contributed by atoms with Gasteiger partial charge in [0.2, 0.25) is 0 Å². The van der Waals surface area contributed by atoms with Crippen molar-refractivity contribution in [3.8, 4) is 0 Å². The van der Waals surface area contributed by atoms with Crippen LogP contribution in [0.4, 0.5) is 0 Å². The maximum atomic E-state index is 5.53. The van der Waals surface area contributed by atoms with Gasteiger partial charge in [0.1, 0.15) is 0 Å². The number of ether oxygens (including phenoxy) is 1. The molecular formula is C17H34N2O. The second-order valence-corrected chi connectivity index (χ2v) is 7.39. The van der Waals surface area contributed by atoms with E-state index in [-0.39, 0.29) is 0 Å². The minimum atomic E-state index is 0.414. The van der Waals surface area contributed by atoms with E-state index < -0.39 is 0 Å². The summed E-state index contributed by atoms with van der Waals surface area (Å²) in [5.74, 6) is 0. The van der Waals surface area contributed by atoms with Gasteiger partial charge in [0.25, 0.3) is 0 Å². The Morgan fingerprint density at radius 1 is 1.20 bits per heavy atom. The molecule has 1 saturated carbocycles. The molecule has 0 aromatic carbocycles. The van der Waals surface area contributed by atoms with Crippen LogP contribution in [0.1, 0.15) is 59.3 Å². The van der Waals surface area contributed by atoms with Crippen molar-refractivity contribution in [2.24, 2.45) is 5.41 Å². The highest BCUT2D eigenvalue weighted by Crippen LogP contribution is 2.38. The van der Waals surface area contributed by atoms with Crippen LogP contribution in [0.25, 0.3) is 0 Å². The molecule has 2 fully saturated rings. The van der Waals surface area contributed by atoms with Crippen molar-refractivity contribution in [3.05, 3.63) is 0 Å². The third-order valence-corrected chi connectivity index (χ3v) is 5.45. The molecule has 118 valence electrons. The fourth-order valence-corrected chi connectivity index (χ4v) is 4.12. The summed E-state index contributed by atoms with van der Waals surface area (Å²) in [5.41, 5.74) is 0.414. The van der Waals surface area contributed by atoms with Gasteiger partial charge < -0.3 is 10.1 Å². The van der Waals surface area contributed by atoms with E-state index in [1.807, 2.05) is 0 Å². The predicted octanol–water partition coefficient (Wildman–Crippen LogP) is 3.04. The zero-order chi connectivity index (χ0) is 14.6. The van der Waals surface area contributed by atoms with E-state index in [1.165, 1.54) is 38.5 Å². The molecule has 1 heterocycles. The first-order valence-corrected chi connectivity index (χ1v) is 8.59. The van der Waals surface area contributed by atoms with E-state index in [2.05, 4.69) is 38.0 Å². The summed E-state index contributed by atoms with van der Waals surface area (Å²) in [4.78, 5) is 2.68. The molecule has 2 aliphatic rings. The normalized spacial score (nSPS) is 31.6. The lowest BCUT2D eigenvalue weighted by molar-refractivity contribution is -0.00706. The van der Waals surface area contributed by atoms with E-state index in [4.69, 9.17) is 4.74 Å². The van der Waals surface area contributed by atoms with Crippen LogP contribution >= 0.6 is 0 Å². The Bertz CT molecular complexity index is 287. The van der Waals surface area contributed by atoms with Crippen LogP contribution in [-0.2, 0) is 4.74 Å². The third kappa shape index (κ3) is 3.75. The minimum absolute atomic E-state index is 0.414. The molecule has 2 unspecified atom stereocenters. The molecule has 0 amide bonds. The van der Waals surface area contributed by atoms with Crippen LogP contribution in [0.3, 0.4) is 0 Å². The molecule has 0 spiro atoms. The lowest BCUT2D eigenvalue weighted by Gasteiger charge is -2.50. The summed E-state index contributed by atoms with van der Waals surface area (Å²) in [5, 5.41) is 3.86. The van der Waals surface area contributed by atoms with E-state index in [0.29, 0.717) is 23.5 Å². The van der Waals surface area contributed by atoms with Crippen molar-refractivity contribution in [2.75, 3.05) is 26.8 Å². The summed E-state index contributed by atoms with van der Waals surface area (Å²) in [6, 6.07) is 2.03. The predicted molar refractivity (Wildman–Crippen MR) is 85.1 cm³/mol. The van der Waals surface area contributed by atoms with Crippen LogP contribution in [0, 0.1) is 5.41 Å². The SMILES string of the molecule is CCCNC1C(N(C)C2CCOCC2)CCCC1(C)C. The lowest BCUT2D eigenvalue weighted by Crippen LogP contribution is -2.60. The van der Waals surface area contributed by atoms with Crippen molar-refractivity contribution in [1.29, 1.82) is 0 Å². The van der Waals surface area contributed by atoms with Crippen molar-refractivity contribution in [2.45, 2.75) is 77.4 Å². The Labute approximate surface area is 125 Å². The molecule has 2 rings (SSSR count). The average molecular weight is 282 g/mol. The largest absolute Gasteiger partial charge is 0.381 e. The fraction of sp³-hybridized carbons (Fsp3) is 1.00. The second-order valence-electron chi connectivity index (χ2n) is 7.39. The number of hydrogen-bond acceptors (Lipinski definition) is 3. The molecule has 3 heteroatoms. The average Bonchev–Trinajstić information content (AvgIpc) is 2.45. The molecular weight excluding hydrogens is 248 g/mol. The zero-order valence-electron chi connectivity index (χ0n) is 14.0. The summed E-state index contributed by atoms with van der Waals surface area (Å²) in [6.45, 7) is 10.2. The number of likely N-dealkylation sites (N-methyl/N-ethyl adjacent to an activating group) is 1. The highest BCUT2D eigenvalue weighted by atomic mass is 16.5. The third-order valence-electron chi connectivity index (χ3n) is 5.45. The highest BCUT2D eigenvalue weighted by molar-refractivity contribution is 4.98. The maximum absolute atomic E-state index is 5.53. The smallest absolute Gasteiger partial charge is 0.0480 e. The highest BCUT2D eigenvalue weighted by Gasteiger charge is 2.41. The zero-order valence-corrected chi connectivity index (χ0v) is 14.0. The van der Waals surface area contributed by atoms with Gasteiger partial charge in [-0.15, -0.1) is 0 Å². The molecule has 3 nitrogen and oxygen atoms in total. The summed E-state index contributed by atoms with van der Waals surface area (Å²) in [6.07, 6.45) is 7.70. The van der Waals surface area contributed by atoms with E-state index in [0.717, 1.165) is 19.8 Å². The van der Waals surface area contributed by atoms with Crippen molar-refractivity contribution in [3.63, 3.8) is 0 Å². The number of nitrogens with one attached hydrogen (secondary N) is 1. The molecule has 1 N–H and O–H groups in total. The Morgan fingerprint density at radius 2 is 1.90 bits per heavy atom. The van der Waals surface area contributed by atoms with Gasteiger partial charge in [-0.3, -0.25) is 4.90 Å². The quantitative estimate of drug-likeness (QED) is 0.839. The second kappa shape index (κ2) is 7.24. The van der Waals surface area contributed by atoms with Gasteiger partial charge in [0.05, 0.1) is 0 Å². The summed E-state index contributed by atoms with van der Waals surface area (Å²) >= 11 is 0. The molecule has 0 aromatic heterocycles. The van der Waals surface area contributed by atoms with Gasteiger partial charge in [-0.05, 0) is 51.1 Å². The van der Waals surface area contributed by atoms with E-state index in [1.54, 1.807) is 0 Å². The topological polar surface area (TPSA) is 24.5 Å². The molecule has 0 bridgehead atoms. The van der Waals surface area contributed by atoms with E-state index in [9.17, 15) is 0 Å². The van der Waals surface area contributed by atoms with Gasteiger partial charge in [0.15, 0.2) is 0 Å². The van der Waals surface area contributed by atoms with E-state index >= 15 is 0 Å². The maximum Gasteiger partial charge on any atom is 0.0480 e. The summed E-state index contributed by atoms with van der Waals surface area (Å²) < 4.78 is 5.53. The number of nitrogens with zero attached hydrogens (tertiary/aromatic N) is 1. The van der Waals surface area contributed by atoms with Gasteiger partial charge in [0, 0.05) is 31.3 Å². The van der Waals surface area contributed by atoms with Crippen LogP contribution < -0.4 is 5.32 Å². The van der Waals surface area contributed by atoms with Crippen molar-refractivity contribution in [1.82, 2.24) is 10.2 Å². The molecule has 1 aliphatic heterocycles. The lowest BCUT2D eigenvalue weighted by atomic mass is 9.70. The Morgan fingerprint density at radius 3 is 2.55 bits per heavy atom. The van der Waals surface area contributed by atoms with Gasteiger partial charge in [-0.2, -0.15) is 0 Å². The molecule has 0 radical (unpaired) electrons. The Hall–Kier alpha value is -0.120. The monoisotopic (exact) mass is 282 g/mol. The summed E-state index contributed by atoms with van der Waals surface area (Å²) in [7, 11) is 2.35. The van der Waals surface area contributed by atoms with Crippen molar-refractivity contribution >= 4 is 0 Å². The minimum Gasteiger partial charge on any atom is -0.381 e. The van der Waals surface area contributed by atoms with Crippen LogP contribution in [0.15, 0.2) is 0 Å². The number of rotatable bonds is 5. The van der Waals surface area contributed by atoms with Crippen LogP contribution in [0.5, 0.6) is 0 Å². The van der Waals surface area contributed by atoms with Gasteiger partial charge >= 0.3 is 0 Å². The first kappa shape index (κ1) is 16.3. The van der Waals surface area contributed by atoms with Gasteiger partial charge in [-0.1, -0.05) is 27.2 Å². The Balaban J connectivity index is 2.04. The molecule has 2 atom stereocenters. The number of hydrogen-bond donors (Lipinski definition) is 1. The first-order valence-electron chi connectivity index (χ1n) is 8.59.